The van der Waals surface area contributed by atoms with Crippen LogP contribution in [-0.4, -0.2) is 0 Å². The van der Waals surface area contributed by atoms with E-state index < -0.39 is 41.9 Å². The molecule has 0 aliphatic carbocycles. The summed E-state index contributed by atoms with van der Waals surface area (Å²) in [6, 6.07) is 9.96. The summed E-state index contributed by atoms with van der Waals surface area (Å²) in [5.41, 5.74) is -2.93. The smallest absolute Gasteiger partial charge is 0.263 e. The number of hydrogen-bond acceptors (Lipinski definition) is 3. The summed E-state index contributed by atoms with van der Waals surface area (Å²) in [4.78, 5) is 0. The zero-order valence-electron chi connectivity index (χ0n) is 16.9. The average molecular weight is 594 g/mol. The van der Waals surface area contributed by atoms with E-state index in [0.29, 0.717) is 36.4 Å². The first-order valence-electron chi connectivity index (χ1n) is 9.24. The maximum Gasteiger partial charge on any atom is 0.620 e. The lowest BCUT2D eigenvalue weighted by molar-refractivity contribution is -0.138. The Morgan fingerprint density at radius 2 is 0.629 bits per heavy atom. The number of rotatable bonds is 6. The minimum absolute atomic E-state index is 0.179. The van der Waals surface area contributed by atoms with Crippen LogP contribution in [0.15, 0.2) is 72.8 Å². The Morgan fingerprint density at radius 3 is 0.800 bits per heavy atom. The number of halogens is 10. The molecule has 0 aliphatic heterocycles. The highest BCUT2D eigenvalue weighted by Gasteiger charge is 2.49. The van der Waals surface area contributed by atoms with Gasteiger partial charge >= 0.3 is 25.2 Å². The minimum atomic E-state index is -4.62. The van der Waals surface area contributed by atoms with Crippen LogP contribution in [0, 0.1) is 0 Å². The predicted molar refractivity (Wildman–Crippen MR) is 112 cm³/mol. The van der Waals surface area contributed by atoms with Crippen molar-refractivity contribution in [3.8, 4) is 17.2 Å². The molecule has 0 N–H and O–H groups in total. The topological polar surface area (TPSA) is 27.7 Å². The Morgan fingerprint density at radius 1 is 0.429 bits per heavy atom. The van der Waals surface area contributed by atoms with Crippen molar-refractivity contribution in [2.24, 2.45) is 0 Å². The van der Waals surface area contributed by atoms with Crippen LogP contribution in [0.5, 0.6) is 17.2 Å². The molecular weight excluding hydrogens is 582 g/mol. The van der Waals surface area contributed by atoms with E-state index in [1.54, 1.807) is 0 Å². The summed E-state index contributed by atoms with van der Waals surface area (Å²) >= 11 is 3.05. The SMILES string of the molecule is FC(F)(F)c1ccc(O[P+](Br)(Oc2ccc(C(F)(F)F)cc2)Oc2ccc(C(F)(F)F)cc2)cc1. The van der Waals surface area contributed by atoms with Gasteiger partial charge < -0.3 is 0 Å². The van der Waals surface area contributed by atoms with Gasteiger partial charge in [0.2, 0.25) is 0 Å². The molecule has 14 heteroatoms. The molecular formula is C21H12BrF9O3P+. The molecule has 0 radical (unpaired) electrons. The van der Waals surface area contributed by atoms with Crippen LogP contribution >= 0.6 is 22.1 Å². The van der Waals surface area contributed by atoms with Crippen molar-refractivity contribution in [2.75, 3.05) is 0 Å². The molecule has 3 aromatic carbocycles. The molecule has 3 rings (SSSR count). The average Bonchev–Trinajstić information content (AvgIpc) is 2.72. The van der Waals surface area contributed by atoms with Crippen molar-refractivity contribution in [2.45, 2.75) is 18.5 Å². The molecule has 0 bridgehead atoms. The van der Waals surface area contributed by atoms with E-state index in [2.05, 4.69) is 15.5 Å². The van der Waals surface area contributed by atoms with E-state index in [4.69, 9.17) is 13.6 Å². The number of hydrogen-bond donors (Lipinski definition) is 0. The molecule has 0 fully saturated rings. The van der Waals surface area contributed by atoms with E-state index >= 15 is 0 Å². The van der Waals surface area contributed by atoms with Crippen molar-refractivity contribution in [1.29, 1.82) is 0 Å². The predicted octanol–water partition coefficient (Wildman–Crippen LogP) is 9.35. The van der Waals surface area contributed by atoms with E-state index in [1.807, 2.05) is 0 Å². The van der Waals surface area contributed by atoms with Crippen LogP contribution < -0.4 is 13.6 Å². The second kappa shape index (κ2) is 9.77. The highest BCUT2D eigenvalue weighted by molar-refractivity contribution is 9.40. The van der Waals surface area contributed by atoms with Crippen molar-refractivity contribution < 1.29 is 53.1 Å². The summed E-state index contributed by atoms with van der Waals surface area (Å²) < 4.78 is 132. The molecule has 0 heterocycles. The first-order valence-corrected chi connectivity index (χ1v) is 12.8. The standard InChI is InChI=1S/C21H12BrF9O3P/c22-35(32-16-7-1-13(2-8-16)19(23,24)25,33-17-9-3-14(4-10-17)20(26,27)28)34-18-11-5-15(6-12-18)21(29,30)31/h1-12H/q+1. The van der Waals surface area contributed by atoms with Crippen LogP contribution in [0.4, 0.5) is 39.5 Å². The fraction of sp³-hybridized carbons (Fsp3) is 0.143. The lowest BCUT2D eigenvalue weighted by Crippen LogP contribution is -2.11. The Bertz CT molecular complexity index is 983. The van der Waals surface area contributed by atoms with Crippen LogP contribution in [0.25, 0.3) is 0 Å². The Labute approximate surface area is 200 Å². The quantitative estimate of drug-likeness (QED) is 0.210. The highest BCUT2D eigenvalue weighted by atomic mass is 79.9. The summed E-state index contributed by atoms with van der Waals surface area (Å²) in [5.74, 6) is -0.536. The summed E-state index contributed by atoms with van der Waals surface area (Å²) in [5, 5.41) is 0. The molecule has 0 saturated carbocycles. The van der Waals surface area contributed by atoms with Gasteiger partial charge in [-0.25, -0.2) is 0 Å². The Kier molecular flexibility index (Phi) is 7.52. The fourth-order valence-electron chi connectivity index (χ4n) is 2.55. The first kappa shape index (κ1) is 26.9. The molecule has 0 unspecified atom stereocenters. The van der Waals surface area contributed by atoms with Crippen molar-refractivity contribution >= 4 is 22.1 Å². The van der Waals surface area contributed by atoms with E-state index in [9.17, 15) is 39.5 Å². The van der Waals surface area contributed by atoms with Gasteiger partial charge in [0.15, 0.2) is 17.2 Å². The van der Waals surface area contributed by atoms with E-state index in [1.165, 1.54) is 0 Å². The first-order chi connectivity index (χ1) is 16.1. The molecule has 3 aromatic rings. The molecule has 0 atom stereocenters. The molecule has 188 valence electrons. The normalized spacial score (nSPS) is 12.9. The Balaban J connectivity index is 1.89. The molecule has 0 aliphatic rings. The molecule has 35 heavy (non-hydrogen) atoms. The van der Waals surface area contributed by atoms with Gasteiger partial charge in [-0.3, -0.25) is 13.6 Å². The summed E-state index contributed by atoms with van der Waals surface area (Å²) in [6.07, 6.45) is -13.9. The fourth-order valence-corrected chi connectivity index (χ4v) is 5.28. The third-order valence-electron chi connectivity index (χ3n) is 4.19. The maximum absolute atomic E-state index is 12.8. The summed E-state index contributed by atoms with van der Waals surface area (Å²) in [6.45, 7) is -3.83. The monoisotopic (exact) mass is 593 g/mol. The molecule has 3 nitrogen and oxygen atoms in total. The van der Waals surface area contributed by atoms with E-state index in [0.717, 1.165) is 36.4 Å². The van der Waals surface area contributed by atoms with Crippen molar-refractivity contribution in [3.05, 3.63) is 89.5 Å². The van der Waals surface area contributed by atoms with Crippen molar-refractivity contribution in [3.63, 3.8) is 0 Å². The number of alkyl halides is 9. The van der Waals surface area contributed by atoms with Gasteiger partial charge in [-0.1, -0.05) is 0 Å². The Hall–Kier alpha value is -2.66. The lowest BCUT2D eigenvalue weighted by Gasteiger charge is -2.18. The van der Waals surface area contributed by atoms with Crippen LogP contribution in [-0.2, 0) is 18.5 Å². The summed E-state index contributed by atoms with van der Waals surface area (Å²) in [7, 11) is 0. The zero-order chi connectivity index (χ0) is 26.1. The second-order valence-electron chi connectivity index (χ2n) is 6.77. The highest BCUT2D eigenvalue weighted by Crippen LogP contribution is 2.67. The van der Waals surface area contributed by atoms with Crippen LogP contribution in [0.3, 0.4) is 0 Å². The third kappa shape index (κ3) is 7.41. The van der Waals surface area contributed by atoms with Gasteiger partial charge in [0.05, 0.1) is 16.7 Å². The molecule has 0 saturated heterocycles. The molecule has 0 aromatic heterocycles. The van der Waals surface area contributed by atoms with Gasteiger partial charge in [0.25, 0.3) is 15.5 Å². The van der Waals surface area contributed by atoms with E-state index in [-0.39, 0.29) is 17.2 Å². The molecule has 0 amide bonds. The second-order valence-corrected chi connectivity index (χ2v) is 10.8. The van der Waals surface area contributed by atoms with Gasteiger partial charge in [-0.05, 0) is 72.8 Å². The molecule has 0 spiro atoms. The van der Waals surface area contributed by atoms with Crippen LogP contribution in [0.1, 0.15) is 16.7 Å². The number of benzene rings is 3. The lowest BCUT2D eigenvalue weighted by atomic mass is 10.2. The maximum atomic E-state index is 12.8. The van der Waals surface area contributed by atoms with Gasteiger partial charge in [-0.2, -0.15) is 39.5 Å². The van der Waals surface area contributed by atoms with Gasteiger partial charge in [-0.15, -0.1) is 0 Å². The van der Waals surface area contributed by atoms with Gasteiger partial charge in [0, 0.05) is 0 Å². The minimum Gasteiger partial charge on any atom is -0.263 e. The zero-order valence-corrected chi connectivity index (χ0v) is 19.4. The third-order valence-corrected chi connectivity index (χ3v) is 6.78. The largest absolute Gasteiger partial charge is 0.620 e. The van der Waals surface area contributed by atoms with Crippen LogP contribution in [0.2, 0.25) is 0 Å². The van der Waals surface area contributed by atoms with Crippen molar-refractivity contribution in [1.82, 2.24) is 0 Å². The van der Waals surface area contributed by atoms with Gasteiger partial charge in [0.1, 0.15) is 0 Å².